The van der Waals surface area contributed by atoms with Crippen LogP contribution in [0.5, 0.6) is 0 Å². The van der Waals surface area contributed by atoms with Crippen molar-refractivity contribution < 1.29 is 13.9 Å². The lowest BCUT2D eigenvalue weighted by molar-refractivity contribution is 0.212. The topological polar surface area (TPSA) is 20.2 Å². The smallest absolute Gasteiger partial charge is 0.132 e. The summed E-state index contributed by atoms with van der Waals surface area (Å²) in [6.07, 6.45) is -1.11. The fourth-order valence-corrected chi connectivity index (χ4v) is 2.31. The van der Waals surface area contributed by atoms with Gasteiger partial charge in [0.25, 0.3) is 0 Å². The summed E-state index contributed by atoms with van der Waals surface area (Å²) < 4.78 is 26.8. The van der Waals surface area contributed by atoms with Crippen molar-refractivity contribution in [3.05, 3.63) is 70.8 Å². The summed E-state index contributed by atoms with van der Waals surface area (Å²) in [5.41, 5.74) is 1.50. The van der Waals surface area contributed by atoms with Gasteiger partial charge in [-0.2, -0.15) is 0 Å². The molecule has 0 radical (unpaired) electrons. The molecule has 2 aromatic carbocycles. The summed E-state index contributed by atoms with van der Waals surface area (Å²) in [6.45, 7) is 6.08. The van der Waals surface area contributed by atoms with Gasteiger partial charge in [-0.3, -0.25) is 0 Å². The number of hydrogen-bond donors (Lipinski definition) is 1. The Morgan fingerprint density at radius 1 is 0.950 bits per heavy atom. The van der Waals surface area contributed by atoms with E-state index in [2.05, 4.69) is 0 Å². The van der Waals surface area contributed by atoms with Crippen LogP contribution < -0.4 is 0 Å². The average molecular weight is 276 g/mol. The lowest BCUT2D eigenvalue weighted by atomic mass is 9.81. The van der Waals surface area contributed by atoms with E-state index in [0.717, 1.165) is 17.7 Å². The zero-order valence-electron chi connectivity index (χ0n) is 11.8. The fourth-order valence-electron chi connectivity index (χ4n) is 2.31. The van der Waals surface area contributed by atoms with Gasteiger partial charge in [-0.25, -0.2) is 8.78 Å². The highest BCUT2D eigenvalue weighted by Gasteiger charge is 2.23. The molecule has 1 unspecified atom stereocenters. The second kappa shape index (κ2) is 5.33. The molecule has 0 spiro atoms. The van der Waals surface area contributed by atoms with E-state index < -0.39 is 17.7 Å². The molecule has 0 aliphatic carbocycles. The molecule has 1 nitrogen and oxygen atoms in total. The molecule has 0 saturated heterocycles. The Balaban J connectivity index is 2.51. The highest BCUT2D eigenvalue weighted by atomic mass is 19.1. The Hall–Kier alpha value is -1.74. The van der Waals surface area contributed by atoms with Gasteiger partial charge >= 0.3 is 0 Å². The molecule has 0 aliphatic heterocycles. The van der Waals surface area contributed by atoms with Gasteiger partial charge < -0.3 is 5.11 Å². The Morgan fingerprint density at radius 3 is 2.20 bits per heavy atom. The van der Waals surface area contributed by atoms with Gasteiger partial charge in [0, 0.05) is 11.6 Å². The molecule has 0 amide bonds. The van der Waals surface area contributed by atoms with Gasteiger partial charge in [0.1, 0.15) is 17.7 Å². The molecule has 0 bridgehead atoms. The minimum atomic E-state index is -1.11. The van der Waals surface area contributed by atoms with Gasteiger partial charge in [-0.05, 0) is 22.6 Å². The molecule has 0 fully saturated rings. The van der Waals surface area contributed by atoms with Crippen LogP contribution in [0.3, 0.4) is 0 Å². The lowest BCUT2D eigenvalue weighted by Crippen LogP contribution is -2.17. The van der Waals surface area contributed by atoms with Gasteiger partial charge in [-0.1, -0.05) is 51.1 Å². The van der Waals surface area contributed by atoms with E-state index >= 15 is 0 Å². The summed E-state index contributed by atoms with van der Waals surface area (Å²) in [4.78, 5) is 0. The third-order valence-corrected chi connectivity index (χ3v) is 3.32. The maximum absolute atomic E-state index is 13.8. The second-order valence-corrected chi connectivity index (χ2v) is 5.91. The van der Waals surface area contributed by atoms with Crippen molar-refractivity contribution in [3.63, 3.8) is 0 Å². The first-order valence-corrected chi connectivity index (χ1v) is 6.53. The van der Waals surface area contributed by atoms with Crippen molar-refractivity contribution in [2.75, 3.05) is 0 Å². The number of aliphatic hydroxyl groups excluding tert-OH is 1. The van der Waals surface area contributed by atoms with Crippen molar-refractivity contribution >= 4 is 0 Å². The van der Waals surface area contributed by atoms with Crippen LogP contribution in [0.15, 0.2) is 42.5 Å². The number of hydrogen-bond acceptors (Lipinski definition) is 1. The standard InChI is InChI=1S/C17H18F2O/c1-17(2,3)14-7-5-4-6-12(14)16(20)13-9-8-11(18)10-15(13)19/h4-10,16,20H,1-3H3. The van der Waals surface area contributed by atoms with Crippen LogP contribution in [0, 0.1) is 11.6 Å². The van der Waals surface area contributed by atoms with Crippen LogP contribution in [0.25, 0.3) is 0 Å². The molecular formula is C17H18F2O. The molecule has 2 aromatic rings. The van der Waals surface area contributed by atoms with E-state index in [1.807, 2.05) is 32.9 Å². The summed E-state index contributed by atoms with van der Waals surface area (Å²) in [6, 6.07) is 10.6. The number of halogens is 2. The molecule has 0 aromatic heterocycles. The van der Waals surface area contributed by atoms with Crippen LogP contribution in [0.4, 0.5) is 8.78 Å². The van der Waals surface area contributed by atoms with Gasteiger partial charge in [0.15, 0.2) is 0 Å². The van der Waals surface area contributed by atoms with Crippen LogP contribution in [0.2, 0.25) is 0 Å². The van der Waals surface area contributed by atoms with Crippen LogP contribution in [-0.4, -0.2) is 5.11 Å². The highest BCUT2D eigenvalue weighted by Crippen LogP contribution is 2.33. The van der Waals surface area contributed by atoms with E-state index in [0.29, 0.717) is 5.56 Å². The zero-order valence-corrected chi connectivity index (χ0v) is 11.8. The second-order valence-electron chi connectivity index (χ2n) is 5.91. The number of aliphatic hydroxyl groups is 1. The first kappa shape index (κ1) is 14.7. The van der Waals surface area contributed by atoms with Gasteiger partial charge in [0.2, 0.25) is 0 Å². The van der Waals surface area contributed by atoms with Gasteiger partial charge in [0.05, 0.1) is 0 Å². The molecule has 0 aliphatic rings. The van der Waals surface area contributed by atoms with Crippen molar-refractivity contribution in [1.82, 2.24) is 0 Å². The molecule has 0 saturated carbocycles. The van der Waals surface area contributed by atoms with E-state index in [1.165, 1.54) is 6.07 Å². The van der Waals surface area contributed by atoms with Crippen LogP contribution in [-0.2, 0) is 5.41 Å². The largest absolute Gasteiger partial charge is 0.384 e. The molecule has 1 atom stereocenters. The molecule has 106 valence electrons. The van der Waals surface area contributed by atoms with Crippen molar-refractivity contribution in [2.24, 2.45) is 0 Å². The van der Waals surface area contributed by atoms with Crippen molar-refractivity contribution in [3.8, 4) is 0 Å². The van der Waals surface area contributed by atoms with Crippen molar-refractivity contribution in [1.29, 1.82) is 0 Å². The predicted molar refractivity (Wildman–Crippen MR) is 75.6 cm³/mol. The molecule has 0 heterocycles. The maximum atomic E-state index is 13.8. The normalized spacial score (nSPS) is 13.3. The first-order chi connectivity index (χ1) is 9.30. The van der Waals surface area contributed by atoms with Gasteiger partial charge in [-0.15, -0.1) is 0 Å². The third kappa shape index (κ3) is 2.88. The monoisotopic (exact) mass is 276 g/mol. The van der Waals surface area contributed by atoms with E-state index in [1.54, 1.807) is 12.1 Å². The molecular weight excluding hydrogens is 258 g/mol. The van der Waals surface area contributed by atoms with E-state index in [-0.39, 0.29) is 11.0 Å². The van der Waals surface area contributed by atoms with E-state index in [9.17, 15) is 13.9 Å². The Kier molecular flexibility index (Phi) is 3.91. The minimum absolute atomic E-state index is 0.0862. The first-order valence-electron chi connectivity index (χ1n) is 6.53. The quantitative estimate of drug-likeness (QED) is 0.865. The summed E-state index contributed by atoms with van der Waals surface area (Å²) in [7, 11) is 0. The summed E-state index contributed by atoms with van der Waals surface area (Å²) in [5.74, 6) is -1.39. The predicted octanol–water partition coefficient (Wildman–Crippen LogP) is 4.34. The minimum Gasteiger partial charge on any atom is -0.384 e. The third-order valence-electron chi connectivity index (χ3n) is 3.32. The molecule has 1 N–H and O–H groups in total. The Morgan fingerprint density at radius 2 is 1.60 bits per heavy atom. The molecule has 3 heteroatoms. The van der Waals surface area contributed by atoms with Crippen molar-refractivity contribution in [2.45, 2.75) is 32.3 Å². The molecule has 20 heavy (non-hydrogen) atoms. The number of benzene rings is 2. The SMILES string of the molecule is CC(C)(C)c1ccccc1C(O)c1ccc(F)cc1F. The average Bonchev–Trinajstić information content (AvgIpc) is 2.37. The highest BCUT2D eigenvalue weighted by molar-refractivity contribution is 5.39. The fraction of sp³-hybridized carbons (Fsp3) is 0.294. The number of rotatable bonds is 2. The Bertz CT molecular complexity index is 615. The van der Waals surface area contributed by atoms with Crippen LogP contribution in [0.1, 0.15) is 43.6 Å². The zero-order chi connectivity index (χ0) is 14.9. The Labute approximate surface area is 117 Å². The van der Waals surface area contributed by atoms with Crippen LogP contribution >= 0.6 is 0 Å². The molecule has 2 rings (SSSR count). The summed E-state index contributed by atoms with van der Waals surface area (Å²) in [5, 5.41) is 10.4. The summed E-state index contributed by atoms with van der Waals surface area (Å²) >= 11 is 0. The van der Waals surface area contributed by atoms with E-state index in [4.69, 9.17) is 0 Å². The lowest BCUT2D eigenvalue weighted by Gasteiger charge is -2.25. The maximum Gasteiger partial charge on any atom is 0.132 e.